The zero-order valence-corrected chi connectivity index (χ0v) is 13.8. The molecule has 0 fully saturated rings. The molecule has 0 aliphatic rings. The number of carbonyl (C=O) groups is 1. The smallest absolute Gasteiger partial charge is 0.378 e. The van der Waals surface area contributed by atoms with E-state index in [0.717, 1.165) is 28.1 Å². The average Bonchev–Trinajstić information content (AvgIpc) is 2.54. The number of aromatic nitrogens is 1. The number of hydrogen-bond acceptors (Lipinski definition) is 3. The largest absolute Gasteiger partial charge is 0.421 e. The van der Waals surface area contributed by atoms with Gasteiger partial charge in [0.15, 0.2) is 0 Å². The lowest BCUT2D eigenvalue weighted by atomic mass is 10.2. The molecule has 0 saturated carbocycles. The molecule has 0 aliphatic heterocycles. The van der Waals surface area contributed by atoms with E-state index in [0.29, 0.717) is 6.07 Å². The molecule has 0 atom stereocenters. The molecule has 5 nitrogen and oxygen atoms in total. The van der Waals surface area contributed by atoms with Gasteiger partial charge in [-0.25, -0.2) is 0 Å². The first-order valence-electron chi connectivity index (χ1n) is 7.48. The van der Waals surface area contributed by atoms with Gasteiger partial charge in [-0.15, -0.1) is 0 Å². The van der Waals surface area contributed by atoms with Crippen molar-refractivity contribution < 1.29 is 18.0 Å². The Balaban J connectivity index is 2.04. The van der Waals surface area contributed by atoms with Gasteiger partial charge in [0.25, 0.3) is 5.56 Å². The van der Waals surface area contributed by atoms with Gasteiger partial charge >= 0.3 is 6.18 Å². The quantitative estimate of drug-likeness (QED) is 0.897. The van der Waals surface area contributed by atoms with E-state index < -0.39 is 29.8 Å². The Morgan fingerprint density at radius 3 is 2.56 bits per heavy atom. The van der Waals surface area contributed by atoms with Crippen LogP contribution in [0.2, 0.25) is 0 Å². The highest BCUT2D eigenvalue weighted by Gasteiger charge is 2.34. The van der Waals surface area contributed by atoms with Crippen LogP contribution in [0.1, 0.15) is 11.1 Å². The molecule has 1 heterocycles. The molecule has 2 rings (SSSR count). The van der Waals surface area contributed by atoms with Crippen molar-refractivity contribution in [2.75, 3.05) is 19.0 Å². The number of benzene rings is 1. The van der Waals surface area contributed by atoms with Crippen molar-refractivity contribution in [1.82, 2.24) is 9.88 Å². The monoisotopic (exact) mass is 353 g/mol. The van der Waals surface area contributed by atoms with Crippen molar-refractivity contribution in [2.45, 2.75) is 19.3 Å². The van der Waals surface area contributed by atoms with Crippen molar-refractivity contribution in [3.05, 3.63) is 64.1 Å². The number of carbonyl (C=O) groups excluding carboxylic acids is 1. The molecule has 0 spiro atoms. The van der Waals surface area contributed by atoms with Gasteiger partial charge in [0.05, 0.1) is 0 Å². The van der Waals surface area contributed by atoms with Gasteiger partial charge in [-0.3, -0.25) is 9.59 Å². The molecule has 0 saturated heterocycles. The Morgan fingerprint density at radius 1 is 1.20 bits per heavy atom. The Kier molecular flexibility index (Phi) is 5.51. The first-order chi connectivity index (χ1) is 11.7. The lowest BCUT2D eigenvalue weighted by Gasteiger charge is -2.14. The summed E-state index contributed by atoms with van der Waals surface area (Å²) in [6.45, 7) is -0.260. The predicted molar refractivity (Wildman–Crippen MR) is 88.3 cm³/mol. The molecule has 2 aromatic rings. The lowest BCUT2D eigenvalue weighted by molar-refractivity contribution is -0.139. The fourth-order valence-electron chi connectivity index (χ4n) is 2.23. The van der Waals surface area contributed by atoms with E-state index >= 15 is 0 Å². The molecule has 0 bridgehead atoms. The molecular weight excluding hydrogens is 335 g/mol. The van der Waals surface area contributed by atoms with Crippen LogP contribution in [0, 0.1) is 0 Å². The maximum absolute atomic E-state index is 12.7. The van der Waals surface area contributed by atoms with E-state index in [2.05, 4.69) is 5.32 Å². The Labute approximate surface area is 142 Å². The second-order valence-corrected chi connectivity index (χ2v) is 5.69. The summed E-state index contributed by atoms with van der Waals surface area (Å²) in [5.41, 5.74) is -0.724. The Bertz CT molecular complexity index is 813. The number of alkyl halides is 3. The summed E-state index contributed by atoms with van der Waals surface area (Å²) in [5, 5.41) is 2.60. The van der Waals surface area contributed by atoms with Crippen LogP contribution in [-0.2, 0) is 24.1 Å². The molecular formula is C17H18F3N3O2. The summed E-state index contributed by atoms with van der Waals surface area (Å²) >= 11 is 0. The van der Waals surface area contributed by atoms with Crippen molar-refractivity contribution in [3.8, 4) is 0 Å². The molecule has 0 aliphatic carbocycles. The SMILES string of the molecule is CN(C)c1cccc(CNC(=O)Cn2cccc(C(F)(F)F)c2=O)c1. The number of nitrogens with one attached hydrogen (secondary N) is 1. The third-order valence-electron chi connectivity index (χ3n) is 3.56. The number of hydrogen-bond donors (Lipinski definition) is 1. The fourth-order valence-corrected chi connectivity index (χ4v) is 2.23. The average molecular weight is 353 g/mol. The highest BCUT2D eigenvalue weighted by atomic mass is 19.4. The van der Waals surface area contributed by atoms with Crippen molar-refractivity contribution in [1.29, 1.82) is 0 Å². The summed E-state index contributed by atoms with van der Waals surface area (Å²) in [4.78, 5) is 25.7. The normalized spacial score (nSPS) is 11.2. The van der Waals surface area contributed by atoms with Crippen LogP contribution in [0.4, 0.5) is 18.9 Å². The van der Waals surface area contributed by atoms with Gasteiger partial charge in [0.1, 0.15) is 12.1 Å². The first kappa shape index (κ1) is 18.6. The topological polar surface area (TPSA) is 54.3 Å². The lowest BCUT2D eigenvalue weighted by Crippen LogP contribution is -2.34. The standard InChI is InChI=1S/C17H18F3N3O2/c1-22(2)13-6-3-5-12(9-13)10-21-15(24)11-23-8-4-7-14(16(23)25)17(18,19)20/h3-9H,10-11H2,1-2H3,(H,21,24). The molecule has 25 heavy (non-hydrogen) atoms. The summed E-state index contributed by atoms with van der Waals surface area (Å²) in [7, 11) is 3.77. The molecule has 0 radical (unpaired) electrons. The molecule has 1 aromatic carbocycles. The second kappa shape index (κ2) is 7.42. The summed E-state index contributed by atoms with van der Waals surface area (Å²) < 4.78 is 38.9. The summed E-state index contributed by atoms with van der Waals surface area (Å²) in [6, 6.07) is 9.25. The third kappa shape index (κ3) is 4.85. The minimum absolute atomic E-state index is 0.216. The van der Waals surface area contributed by atoms with E-state index in [-0.39, 0.29) is 6.54 Å². The third-order valence-corrected chi connectivity index (χ3v) is 3.56. The highest BCUT2D eigenvalue weighted by Crippen LogP contribution is 2.25. The molecule has 1 N–H and O–H groups in total. The first-order valence-corrected chi connectivity index (χ1v) is 7.48. The number of nitrogens with zero attached hydrogens (tertiary/aromatic N) is 2. The van der Waals surface area contributed by atoms with E-state index in [4.69, 9.17) is 0 Å². The van der Waals surface area contributed by atoms with Gasteiger partial charge in [-0.05, 0) is 29.8 Å². The van der Waals surface area contributed by atoms with Crippen molar-refractivity contribution in [2.24, 2.45) is 0 Å². The van der Waals surface area contributed by atoms with Crippen LogP contribution in [0.5, 0.6) is 0 Å². The van der Waals surface area contributed by atoms with E-state index in [1.54, 1.807) is 0 Å². The van der Waals surface area contributed by atoms with Crippen molar-refractivity contribution in [3.63, 3.8) is 0 Å². The predicted octanol–water partition coefficient (Wildman–Crippen LogP) is 2.25. The zero-order valence-electron chi connectivity index (χ0n) is 13.8. The van der Waals surface area contributed by atoms with Crippen LogP contribution in [0.25, 0.3) is 0 Å². The maximum atomic E-state index is 12.7. The highest BCUT2D eigenvalue weighted by molar-refractivity contribution is 5.75. The summed E-state index contributed by atoms with van der Waals surface area (Å²) in [5.74, 6) is -0.545. The molecule has 0 unspecified atom stereocenters. The van der Waals surface area contributed by atoms with Crippen LogP contribution in [0.15, 0.2) is 47.4 Å². The van der Waals surface area contributed by atoms with Crippen LogP contribution >= 0.6 is 0 Å². The molecule has 134 valence electrons. The van der Waals surface area contributed by atoms with Gasteiger partial charge < -0.3 is 14.8 Å². The summed E-state index contributed by atoms with van der Waals surface area (Å²) in [6.07, 6.45) is -3.59. The van der Waals surface area contributed by atoms with E-state index in [1.165, 1.54) is 0 Å². The Hall–Kier alpha value is -2.77. The maximum Gasteiger partial charge on any atom is 0.421 e. The van der Waals surface area contributed by atoms with Gasteiger partial charge in [-0.2, -0.15) is 13.2 Å². The fraction of sp³-hybridized carbons (Fsp3) is 0.294. The number of pyridine rings is 1. The van der Waals surface area contributed by atoms with Crippen LogP contribution in [-0.4, -0.2) is 24.6 Å². The van der Waals surface area contributed by atoms with E-state index in [9.17, 15) is 22.8 Å². The number of anilines is 1. The van der Waals surface area contributed by atoms with Gasteiger partial charge in [0, 0.05) is 32.5 Å². The molecule has 8 heteroatoms. The Morgan fingerprint density at radius 2 is 1.92 bits per heavy atom. The zero-order chi connectivity index (χ0) is 18.6. The molecule has 1 aromatic heterocycles. The van der Waals surface area contributed by atoms with Crippen LogP contribution in [0.3, 0.4) is 0 Å². The van der Waals surface area contributed by atoms with Crippen LogP contribution < -0.4 is 15.8 Å². The second-order valence-electron chi connectivity index (χ2n) is 5.69. The minimum atomic E-state index is -4.75. The number of rotatable bonds is 5. The van der Waals surface area contributed by atoms with Crippen molar-refractivity contribution >= 4 is 11.6 Å². The van der Waals surface area contributed by atoms with Gasteiger partial charge in [-0.1, -0.05) is 12.1 Å². The van der Waals surface area contributed by atoms with E-state index in [1.807, 2.05) is 43.3 Å². The number of amides is 1. The van der Waals surface area contributed by atoms with Gasteiger partial charge in [0.2, 0.25) is 5.91 Å². The molecule has 1 amide bonds. The minimum Gasteiger partial charge on any atom is -0.378 e. The number of halogens is 3.